The minimum Gasteiger partial charge on any atom is -0.299 e. The molecule has 18 heavy (non-hydrogen) atoms. The number of aromatic nitrogens is 4. The van der Waals surface area contributed by atoms with E-state index in [1.165, 1.54) is 5.56 Å². The zero-order chi connectivity index (χ0) is 12.5. The molecule has 2 heterocycles. The van der Waals surface area contributed by atoms with Gasteiger partial charge >= 0.3 is 0 Å². The van der Waals surface area contributed by atoms with E-state index in [2.05, 4.69) is 33.7 Å². The van der Waals surface area contributed by atoms with Gasteiger partial charge in [-0.25, -0.2) is 4.98 Å². The van der Waals surface area contributed by atoms with Crippen molar-refractivity contribution in [1.82, 2.24) is 19.3 Å². The molecule has 0 N–H and O–H groups in total. The van der Waals surface area contributed by atoms with Gasteiger partial charge in [-0.05, 0) is 18.6 Å². The van der Waals surface area contributed by atoms with Gasteiger partial charge in [0.15, 0.2) is 0 Å². The Morgan fingerprint density at radius 1 is 1.17 bits per heavy atom. The lowest BCUT2D eigenvalue weighted by atomic mass is 10.2. The predicted molar refractivity (Wildman–Crippen MR) is 70.5 cm³/mol. The number of nitrogens with zero attached hydrogens (tertiary/aromatic N) is 4. The quantitative estimate of drug-likeness (QED) is 0.688. The van der Waals surface area contributed by atoms with Gasteiger partial charge in [-0.15, -0.1) is 0 Å². The second-order valence-corrected chi connectivity index (χ2v) is 4.31. The summed E-state index contributed by atoms with van der Waals surface area (Å²) >= 11 is 0. The summed E-state index contributed by atoms with van der Waals surface area (Å²) < 4.78 is 3.87. The Morgan fingerprint density at radius 3 is 2.72 bits per heavy atom. The third-order valence-corrected chi connectivity index (χ3v) is 2.98. The van der Waals surface area contributed by atoms with Crippen LogP contribution in [0.5, 0.6) is 0 Å². The van der Waals surface area contributed by atoms with Gasteiger partial charge in [0.25, 0.3) is 0 Å². The highest BCUT2D eigenvalue weighted by atomic mass is 15.2. The molecule has 0 atom stereocenters. The number of para-hydroxylation sites is 1. The van der Waals surface area contributed by atoms with Crippen LogP contribution in [0.25, 0.3) is 17.1 Å². The van der Waals surface area contributed by atoms with Gasteiger partial charge < -0.3 is 0 Å². The molecule has 3 rings (SSSR count). The van der Waals surface area contributed by atoms with Gasteiger partial charge in [0.05, 0.1) is 11.8 Å². The first-order valence-electron chi connectivity index (χ1n) is 5.84. The van der Waals surface area contributed by atoms with Crippen molar-refractivity contribution >= 4 is 0 Å². The fraction of sp³-hybridized carbons (Fsp3) is 0.143. The molecule has 2 aromatic heterocycles. The Labute approximate surface area is 106 Å². The maximum Gasteiger partial charge on any atom is 0.147 e. The number of hydrogen-bond acceptors (Lipinski definition) is 2. The van der Waals surface area contributed by atoms with Crippen molar-refractivity contribution < 1.29 is 0 Å². The molecule has 4 heteroatoms. The molecule has 0 aliphatic rings. The molecular weight excluding hydrogens is 224 g/mol. The second-order valence-electron chi connectivity index (χ2n) is 4.31. The normalized spacial score (nSPS) is 10.8. The van der Waals surface area contributed by atoms with Gasteiger partial charge in [-0.3, -0.25) is 9.25 Å². The minimum absolute atomic E-state index is 0.914. The van der Waals surface area contributed by atoms with Gasteiger partial charge in [0.1, 0.15) is 5.82 Å². The Kier molecular flexibility index (Phi) is 2.48. The fourth-order valence-electron chi connectivity index (χ4n) is 2.08. The van der Waals surface area contributed by atoms with Crippen molar-refractivity contribution in [1.29, 1.82) is 0 Å². The van der Waals surface area contributed by atoms with Crippen molar-refractivity contribution in [3.05, 3.63) is 54.6 Å². The Morgan fingerprint density at radius 2 is 2.00 bits per heavy atom. The minimum atomic E-state index is 0.914. The van der Waals surface area contributed by atoms with Crippen molar-refractivity contribution in [2.75, 3.05) is 0 Å². The van der Waals surface area contributed by atoms with Crippen molar-refractivity contribution in [3.8, 4) is 17.1 Å². The molecule has 0 saturated heterocycles. The number of benzene rings is 1. The summed E-state index contributed by atoms with van der Waals surface area (Å²) in [6, 6.07) is 8.27. The first kappa shape index (κ1) is 10.8. The molecule has 0 saturated carbocycles. The smallest absolute Gasteiger partial charge is 0.147 e. The van der Waals surface area contributed by atoms with Crippen LogP contribution >= 0.6 is 0 Å². The highest BCUT2D eigenvalue weighted by Crippen LogP contribution is 2.22. The van der Waals surface area contributed by atoms with E-state index < -0.39 is 0 Å². The average Bonchev–Trinajstić information content (AvgIpc) is 2.98. The lowest BCUT2D eigenvalue weighted by Crippen LogP contribution is -1.97. The Hall–Kier alpha value is -2.36. The number of hydrogen-bond donors (Lipinski definition) is 0. The summed E-state index contributed by atoms with van der Waals surface area (Å²) in [5.41, 5.74) is 3.39. The zero-order valence-electron chi connectivity index (χ0n) is 10.4. The van der Waals surface area contributed by atoms with E-state index in [0.29, 0.717) is 0 Å². The molecular formula is C14H14N4. The van der Waals surface area contributed by atoms with Crippen LogP contribution in [0.2, 0.25) is 0 Å². The predicted octanol–water partition coefficient (Wildman–Crippen LogP) is 2.58. The molecule has 0 aliphatic carbocycles. The largest absolute Gasteiger partial charge is 0.299 e. The van der Waals surface area contributed by atoms with Crippen LogP contribution in [0.15, 0.2) is 49.1 Å². The maximum absolute atomic E-state index is 4.43. The molecule has 3 aromatic rings. The highest BCUT2D eigenvalue weighted by molar-refractivity contribution is 5.57. The Bertz CT molecular complexity index is 678. The molecule has 1 aromatic carbocycles. The molecule has 0 bridgehead atoms. The third kappa shape index (κ3) is 1.72. The van der Waals surface area contributed by atoms with Crippen LogP contribution < -0.4 is 0 Å². The van der Waals surface area contributed by atoms with E-state index in [1.54, 1.807) is 4.68 Å². The van der Waals surface area contributed by atoms with Gasteiger partial charge in [0.2, 0.25) is 0 Å². The third-order valence-electron chi connectivity index (χ3n) is 2.98. The van der Waals surface area contributed by atoms with Crippen LogP contribution in [-0.4, -0.2) is 19.3 Å². The summed E-state index contributed by atoms with van der Waals surface area (Å²) in [4.78, 5) is 4.43. The van der Waals surface area contributed by atoms with Gasteiger partial charge in [-0.1, -0.05) is 18.2 Å². The van der Waals surface area contributed by atoms with E-state index >= 15 is 0 Å². The molecule has 0 fully saturated rings. The summed E-state index contributed by atoms with van der Waals surface area (Å²) in [5.74, 6) is 0.914. The van der Waals surface area contributed by atoms with Gasteiger partial charge in [0, 0.05) is 31.3 Å². The monoisotopic (exact) mass is 238 g/mol. The molecule has 0 aliphatic heterocycles. The summed E-state index contributed by atoms with van der Waals surface area (Å²) in [5, 5.41) is 4.19. The summed E-state index contributed by atoms with van der Waals surface area (Å²) in [6.45, 7) is 2.10. The second kappa shape index (κ2) is 4.14. The summed E-state index contributed by atoms with van der Waals surface area (Å²) in [7, 11) is 1.91. The molecule has 0 spiro atoms. The number of aryl methyl sites for hydroxylation is 2. The van der Waals surface area contributed by atoms with E-state index in [1.807, 2.05) is 44.0 Å². The van der Waals surface area contributed by atoms with E-state index in [4.69, 9.17) is 0 Å². The molecule has 0 radical (unpaired) electrons. The zero-order valence-corrected chi connectivity index (χ0v) is 10.4. The molecule has 4 nitrogen and oxygen atoms in total. The van der Waals surface area contributed by atoms with Crippen LogP contribution in [0.4, 0.5) is 0 Å². The topological polar surface area (TPSA) is 35.6 Å². The maximum atomic E-state index is 4.43. The molecule has 0 unspecified atom stereocenters. The van der Waals surface area contributed by atoms with Crippen LogP contribution in [0, 0.1) is 6.92 Å². The number of imidazole rings is 1. The fourth-order valence-corrected chi connectivity index (χ4v) is 2.08. The molecule has 0 amide bonds. The van der Waals surface area contributed by atoms with Gasteiger partial charge in [-0.2, -0.15) is 5.10 Å². The Balaban J connectivity index is 2.15. The van der Waals surface area contributed by atoms with Crippen molar-refractivity contribution in [2.24, 2.45) is 7.05 Å². The van der Waals surface area contributed by atoms with Crippen LogP contribution in [-0.2, 0) is 7.05 Å². The SMILES string of the molecule is Cc1ccccc1-n1ccnc1-c1cnn(C)c1. The van der Waals surface area contributed by atoms with E-state index in [-0.39, 0.29) is 0 Å². The van der Waals surface area contributed by atoms with Crippen molar-refractivity contribution in [2.45, 2.75) is 6.92 Å². The summed E-state index contributed by atoms with van der Waals surface area (Å²) in [6.07, 6.45) is 7.59. The first-order valence-corrected chi connectivity index (χ1v) is 5.84. The van der Waals surface area contributed by atoms with E-state index in [9.17, 15) is 0 Å². The standard InChI is InChI=1S/C14H14N4/c1-11-5-3-4-6-13(11)18-8-7-15-14(18)12-9-16-17(2)10-12/h3-10H,1-2H3. The van der Waals surface area contributed by atoms with Crippen LogP contribution in [0.1, 0.15) is 5.56 Å². The average molecular weight is 238 g/mol. The van der Waals surface area contributed by atoms with Crippen LogP contribution in [0.3, 0.4) is 0 Å². The lowest BCUT2D eigenvalue weighted by Gasteiger charge is -2.09. The molecule has 90 valence electrons. The first-order chi connectivity index (χ1) is 8.75. The highest BCUT2D eigenvalue weighted by Gasteiger charge is 2.10. The lowest BCUT2D eigenvalue weighted by molar-refractivity contribution is 0.768. The van der Waals surface area contributed by atoms with Crippen molar-refractivity contribution in [3.63, 3.8) is 0 Å². The van der Waals surface area contributed by atoms with E-state index in [0.717, 1.165) is 17.1 Å². The number of rotatable bonds is 2.